The minimum atomic E-state index is 0.590. The van der Waals surface area contributed by atoms with Crippen LogP contribution in [0.5, 0.6) is 5.75 Å². The number of nitrogens with one attached hydrogen (secondary N) is 1. The SMILES string of the molecule is COc1cc(N)cnc1NCc1ccccc1. The Morgan fingerprint density at radius 1 is 1.29 bits per heavy atom. The summed E-state index contributed by atoms with van der Waals surface area (Å²) < 4.78 is 5.21. The van der Waals surface area contributed by atoms with Crippen LogP contribution in [0.25, 0.3) is 0 Å². The molecular weight excluding hydrogens is 214 g/mol. The molecule has 1 aromatic heterocycles. The van der Waals surface area contributed by atoms with Crippen molar-refractivity contribution in [2.75, 3.05) is 18.2 Å². The molecule has 4 heteroatoms. The van der Waals surface area contributed by atoms with Crippen molar-refractivity contribution in [2.24, 2.45) is 0 Å². The highest BCUT2D eigenvalue weighted by atomic mass is 16.5. The van der Waals surface area contributed by atoms with Gasteiger partial charge in [0.05, 0.1) is 19.0 Å². The van der Waals surface area contributed by atoms with Crippen molar-refractivity contribution in [3.05, 3.63) is 48.2 Å². The summed E-state index contributed by atoms with van der Waals surface area (Å²) in [6.07, 6.45) is 1.61. The number of nitrogen functional groups attached to an aromatic ring is 1. The van der Waals surface area contributed by atoms with Gasteiger partial charge < -0.3 is 15.8 Å². The molecule has 0 amide bonds. The second kappa shape index (κ2) is 5.21. The maximum absolute atomic E-state index is 5.64. The summed E-state index contributed by atoms with van der Waals surface area (Å²) in [6.45, 7) is 0.702. The number of benzene rings is 1. The molecule has 88 valence electrons. The highest BCUT2D eigenvalue weighted by Gasteiger charge is 2.04. The molecule has 0 unspecified atom stereocenters. The van der Waals surface area contributed by atoms with Crippen molar-refractivity contribution in [3.8, 4) is 5.75 Å². The molecule has 1 heterocycles. The lowest BCUT2D eigenvalue weighted by atomic mass is 10.2. The maximum atomic E-state index is 5.64. The standard InChI is InChI=1S/C13H15N3O/c1-17-12-7-11(14)9-16-13(12)15-8-10-5-3-2-4-6-10/h2-7,9H,8,14H2,1H3,(H,15,16). The monoisotopic (exact) mass is 229 g/mol. The molecule has 0 saturated heterocycles. The smallest absolute Gasteiger partial charge is 0.169 e. The fourth-order valence-electron chi connectivity index (χ4n) is 1.53. The third-order valence-corrected chi connectivity index (χ3v) is 2.40. The summed E-state index contributed by atoms with van der Waals surface area (Å²) in [7, 11) is 1.60. The number of aromatic nitrogens is 1. The fourth-order valence-corrected chi connectivity index (χ4v) is 1.53. The van der Waals surface area contributed by atoms with E-state index in [-0.39, 0.29) is 0 Å². The van der Waals surface area contributed by atoms with Crippen LogP contribution >= 0.6 is 0 Å². The first kappa shape index (κ1) is 11.3. The Hall–Kier alpha value is -2.23. The Labute approximate surface area is 100 Å². The van der Waals surface area contributed by atoms with Crippen LogP contribution in [0.2, 0.25) is 0 Å². The summed E-state index contributed by atoms with van der Waals surface area (Å²) in [4.78, 5) is 4.20. The van der Waals surface area contributed by atoms with Crippen molar-refractivity contribution in [2.45, 2.75) is 6.54 Å². The molecular formula is C13H15N3O. The van der Waals surface area contributed by atoms with Crippen molar-refractivity contribution >= 4 is 11.5 Å². The molecule has 0 fully saturated rings. The van der Waals surface area contributed by atoms with E-state index in [1.54, 1.807) is 19.4 Å². The van der Waals surface area contributed by atoms with Crippen molar-refractivity contribution in [1.29, 1.82) is 0 Å². The number of anilines is 2. The van der Waals surface area contributed by atoms with Crippen molar-refractivity contribution in [3.63, 3.8) is 0 Å². The molecule has 2 rings (SSSR count). The van der Waals surface area contributed by atoms with Crippen LogP contribution in [0.4, 0.5) is 11.5 Å². The molecule has 0 saturated carbocycles. The van der Waals surface area contributed by atoms with Crippen LogP contribution in [0, 0.1) is 0 Å². The molecule has 0 bridgehead atoms. The molecule has 0 spiro atoms. The van der Waals surface area contributed by atoms with E-state index in [0.717, 1.165) is 0 Å². The minimum absolute atomic E-state index is 0.590. The predicted octanol–water partition coefficient (Wildman–Crippen LogP) is 2.28. The largest absolute Gasteiger partial charge is 0.493 e. The molecule has 2 aromatic rings. The van der Waals surface area contributed by atoms with Crippen LogP contribution in [-0.4, -0.2) is 12.1 Å². The Morgan fingerprint density at radius 3 is 2.76 bits per heavy atom. The number of hydrogen-bond donors (Lipinski definition) is 2. The van der Waals surface area contributed by atoms with Gasteiger partial charge in [0.25, 0.3) is 0 Å². The van der Waals surface area contributed by atoms with Gasteiger partial charge in [0.1, 0.15) is 0 Å². The van der Waals surface area contributed by atoms with E-state index < -0.39 is 0 Å². The molecule has 0 aliphatic rings. The predicted molar refractivity (Wildman–Crippen MR) is 69.0 cm³/mol. The first-order valence-electron chi connectivity index (χ1n) is 5.37. The van der Waals surface area contributed by atoms with E-state index in [2.05, 4.69) is 22.4 Å². The highest BCUT2D eigenvalue weighted by Crippen LogP contribution is 2.23. The topological polar surface area (TPSA) is 60.2 Å². The number of ether oxygens (including phenoxy) is 1. The second-order valence-electron chi connectivity index (χ2n) is 3.66. The van der Waals surface area contributed by atoms with E-state index in [4.69, 9.17) is 10.5 Å². The van der Waals surface area contributed by atoms with Crippen molar-refractivity contribution < 1.29 is 4.74 Å². The number of nitrogens with zero attached hydrogens (tertiary/aromatic N) is 1. The van der Waals surface area contributed by atoms with Crippen LogP contribution in [0.15, 0.2) is 42.6 Å². The van der Waals surface area contributed by atoms with Gasteiger partial charge in [0.15, 0.2) is 11.6 Å². The Morgan fingerprint density at radius 2 is 2.06 bits per heavy atom. The molecule has 0 radical (unpaired) electrons. The van der Waals surface area contributed by atoms with E-state index in [0.29, 0.717) is 23.8 Å². The van der Waals surface area contributed by atoms with Crippen molar-refractivity contribution in [1.82, 2.24) is 4.98 Å². The van der Waals surface area contributed by atoms with E-state index in [9.17, 15) is 0 Å². The molecule has 0 atom stereocenters. The summed E-state index contributed by atoms with van der Waals surface area (Å²) in [5, 5.41) is 3.22. The van der Waals surface area contributed by atoms with Gasteiger partial charge in [0.2, 0.25) is 0 Å². The van der Waals surface area contributed by atoms with Gasteiger partial charge in [-0.2, -0.15) is 0 Å². The average Bonchev–Trinajstić information content (AvgIpc) is 2.38. The van der Waals surface area contributed by atoms with Gasteiger partial charge in [-0.25, -0.2) is 4.98 Å². The Balaban J connectivity index is 2.09. The number of methoxy groups -OCH3 is 1. The number of pyridine rings is 1. The first-order chi connectivity index (χ1) is 8.29. The van der Waals surface area contributed by atoms with Gasteiger partial charge in [-0.05, 0) is 5.56 Å². The van der Waals surface area contributed by atoms with Gasteiger partial charge >= 0.3 is 0 Å². The van der Waals surface area contributed by atoms with Crippen LogP contribution < -0.4 is 15.8 Å². The summed E-state index contributed by atoms with van der Waals surface area (Å²) in [6, 6.07) is 11.9. The Bertz CT molecular complexity index is 485. The highest BCUT2D eigenvalue weighted by molar-refractivity contribution is 5.56. The van der Waals surface area contributed by atoms with E-state index in [1.807, 2.05) is 18.2 Å². The number of hydrogen-bond acceptors (Lipinski definition) is 4. The minimum Gasteiger partial charge on any atom is -0.493 e. The second-order valence-corrected chi connectivity index (χ2v) is 3.66. The van der Waals surface area contributed by atoms with Gasteiger partial charge in [0, 0.05) is 12.6 Å². The number of rotatable bonds is 4. The Kier molecular flexibility index (Phi) is 3.45. The first-order valence-corrected chi connectivity index (χ1v) is 5.37. The van der Waals surface area contributed by atoms with Gasteiger partial charge in [-0.3, -0.25) is 0 Å². The third kappa shape index (κ3) is 2.87. The molecule has 4 nitrogen and oxygen atoms in total. The quantitative estimate of drug-likeness (QED) is 0.844. The lowest BCUT2D eigenvalue weighted by Crippen LogP contribution is -2.04. The summed E-state index contributed by atoms with van der Waals surface area (Å²) in [5.41, 5.74) is 7.42. The van der Waals surface area contributed by atoms with E-state index in [1.165, 1.54) is 5.56 Å². The van der Waals surface area contributed by atoms with Crippen LogP contribution in [0.1, 0.15) is 5.56 Å². The summed E-state index contributed by atoms with van der Waals surface area (Å²) in [5.74, 6) is 1.35. The lowest BCUT2D eigenvalue weighted by Gasteiger charge is -2.10. The molecule has 17 heavy (non-hydrogen) atoms. The maximum Gasteiger partial charge on any atom is 0.169 e. The lowest BCUT2D eigenvalue weighted by molar-refractivity contribution is 0.415. The third-order valence-electron chi connectivity index (χ3n) is 2.40. The number of nitrogens with two attached hydrogens (primary N) is 1. The van der Waals surface area contributed by atoms with Gasteiger partial charge in [-0.15, -0.1) is 0 Å². The summed E-state index contributed by atoms with van der Waals surface area (Å²) >= 11 is 0. The van der Waals surface area contributed by atoms with Crippen LogP contribution in [-0.2, 0) is 6.54 Å². The molecule has 0 aliphatic heterocycles. The average molecular weight is 229 g/mol. The fraction of sp³-hybridized carbons (Fsp3) is 0.154. The zero-order chi connectivity index (χ0) is 12.1. The molecule has 0 aliphatic carbocycles. The zero-order valence-corrected chi connectivity index (χ0v) is 9.68. The zero-order valence-electron chi connectivity index (χ0n) is 9.68. The van der Waals surface area contributed by atoms with Gasteiger partial charge in [-0.1, -0.05) is 30.3 Å². The normalized spacial score (nSPS) is 9.94. The van der Waals surface area contributed by atoms with E-state index >= 15 is 0 Å². The molecule has 3 N–H and O–H groups in total. The van der Waals surface area contributed by atoms with Crippen LogP contribution in [0.3, 0.4) is 0 Å². The molecule has 1 aromatic carbocycles.